The topological polar surface area (TPSA) is 21.3 Å². The standard InChI is InChI=1S/C11H14F3NO/c1-7(3-4-16-2)15-11-9(13)5-8(12)6-10(11)14/h5-7,15H,3-4H2,1-2H3. The van der Waals surface area contributed by atoms with Crippen molar-refractivity contribution < 1.29 is 17.9 Å². The third-order valence-electron chi connectivity index (χ3n) is 2.15. The molecule has 1 rings (SSSR count). The number of ether oxygens (including phenoxy) is 1. The Morgan fingerprint density at radius 2 is 1.81 bits per heavy atom. The molecule has 0 aliphatic heterocycles. The Hall–Kier alpha value is -1.23. The maximum absolute atomic E-state index is 13.2. The molecule has 0 bridgehead atoms. The molecule has 1 unspecified atom stereocenters. The molecule has 1 aromatic rings. The van der Waals surface area contributed by atoms with E-state index in [4.69, 9.17) is 4.74 Å². The van der Waals surface area contributed by atoms with Crippen LogP contribution in [0.4, 0.5) is 18.9 Å². The minimum atomic E-state index is -0.929. The van der Waals surface area contributed by atoms with Gasteiger partial charge in [-0.2, -0.15) is 0 Å². The van der Waals surface area contributed by atoms with Crippen molar-refractivity contribution >= 4 is 5.69 Å². The fourth-order valence-corrected chi connectivity index (χ4v) is 1.29. The van der Waals surface area contributed by atoms with Crippen LogP contribution in [0.3, 0.4) is 0 Å². The lowest BCUT2D eigenvalue weighted by Gasteiger charge is -2.15. The SMILES string of the molecule is COCCC(C)Nc1c(F)cc(F)cc1F. The summed E-state index contributed by atoms with van der Waals surface area (Å²) in [5, 5.41) is 2.64. The molecule has 0 spiro atoms. The van der Waals surface area contributed by atoms with Crippen LogP contribution < -0.4 is 5.32 Å². The average molecular weight is 233 g/mol. The van der Waals surface area contributed by atoms with Crippen LogP contribution in [-0.4, -0.2) is 19.8 Å². The van der Waals surface area contributed by atoms with Gasteiger partial charge in [-0.25, -0.2) is 13.2 Å². The smallest absolute Gasteiger partial charge is 0.152 e. The van der Waals surface area contributed by atoms with Crippen LogP contribution in [0.1, 0.15) is 13.3 Å². The average Bonchev–Trinajstić information content (AvgIpc) is 2.20. The van der Waals surface area contributed by atoms with Crippen LogP contribution in [0.15, 0.2) is 12.1 Å². The summed E-state index contributed by atoms with van der Waals surface area (Å²) in [7, 11) is 1.55. The largest absolute Gasteiger partial charge is 0.385 e. The van der Waals surface area contributed by atoms with Crippen molar-refractivity contribution in [1.82, 2.24) is 0 Å². The molecule has 0 radical (unpaired) electrons. The van der Waals surface area contributed by atoms with Gasteiger partial charge >= 0.3 is 0 Å². The zero-order valence-corrected chi connectivity index (χ0v) is 9.19. The molecular weight excluding hydrogens is 219 g/mol. The van der Waals surface area contributed by atoms with Crippen molar-refractivity contribution in [3.8, 4) is 0 Å². The Morgan fingerprint density at radius 3 is 2.31 bits per heavy atom. The predicted molar refractivity (Wildman–Crippen MR) is 55.9 cm³/mol. The van der Waals surface area contributed by atoms with E-state index in [-0.39, 0.29) is 11.7 Å². The molecule has 90 valence electrons. The first-order valence-electron chi connectivity index (χ1n) is 4.94. The minimum absolute atomic E-state index is 0.158. The highest BCUT2D eigenvalue weighted by Gasteiger charge is 2.13. The zero-order chi connectivity index (χ0) is 12.1. The molecule has 1 aromatic carbocycles. The van der Waals surface area contributed by atoms with Crippen LogP contribution in [0, 0.1) is 17.5 Å². The van der Waals surface area contributed by atoms with E-state index in [9.17, 15) is 13.2 Å². The normalized spacial score (nSPS) is 12.6. The summed E-state index contributed by atoms with van der Waals surface area (Å²) in [6, 6.07) is 1.14. The van der Waals surface area contributed by atoms with Gasteiger partial charge in [0.25, 0.3) is 0 Å². The lowest BCUT2D eigenvalue weighted by atomic mass is 10.2. The maximum atomic E-state index is 13.2. The van der Waals surface area contributed by atoms with Crippen molar-refractivity contribution in [1.29, 1.82) is 0 Å². The molecule has 0 aliphatic carbocycles. The van der Waals surface area contributed by atoms with Gasteiger partial charge in [-0.3, -0.25) is 0 Å². The van der Waals surface area contributed by atoms with Gasteiger partial charge in [0.05, 0.1) is 0 Å². The summed E-state index contributed by atoms with van der Waals surface area (Å²) in [6.45, 7) is 2.25. The Morgan fingerprint density at radius 1 is 1.25 bits per heavy atom. The van der Waals surface area contributed by atoms with Crippen LogP contribution in [0.2, 0.25) is 0 Å². The fraction of sp³-hybridized carbons (Fsp3) is 0.455. The number of methoxy groups -OCH3 is 1. The second-order valence-corrected chi connectivity index (χ2v) is 3.57. The first kappa shape index (κ1) is 12.8. The van der Waals surface area contributed by atoms with Crippen molar-refractivity contribution in [2.45, 2.75) is 19.4 Å². The van der Waals surface area contributed by atoms with E-state index in [2.05, 4.69) is 5.32 Å². The van der Waals surface area contributed by atoms with Crippen LogP contribution in [0.25, 0.3) is 0 Å². The molecule has 5 heteroatoms. The first-order chi connectivity index (χ1) is 7.54. The Balaban J connectivity index is 2.73. The van der Waals surface area contributed by atoms with Gasteiger partial charge < -0.3 is 10.1 Å². The summed E-state index contributed by atoms with van der Waals surface area (Å²) >= 11 is 0. The molecule has 2 nitrogen and oxygen atoms in total. The monoisotopic (exact) mass is 233 g/mol. The number of anilines is 1. The summed E-state index contributed by atoms with van der Waals surface area (Å²) in [4.78, 5) is 0. The molecule has 0 fully saturated rings. The van der Waals surface area contributed by atoms with Gasteiger partial charge in [-0.1, -0.05) is 0 Å². The second-order valence-electron chi connectivity index (χ2n) is 3.57. The number of benzene rings is 1. The highest BCUT2D eigenvalue weighted by Crippen LogP contribution is 2.21. The van der Waals surface area contributed by atoms with Crippen LogP contribution in [0.5, 0.6) is 0 Å². The van der Waals surface area contributed by atoms with Crippen molar-refractivity contribution in [2.24, 2.45) is 0 Å². The number of nitrogens with one attached hydrogen (secondary N) is 1. The number of hydrogen-bond donors (Lipinski definition) is 1. The minimum Gasteiger partial charge on any atom is -0.385 e. The van der Waals surface area contributed by atoms with E-state index in [1.165, 1.54) is 0 Å². The van der Waals surface area contributed by atoms with E-state index in [0.29, 0.717) is 25.2 Å². The van der Waals surface area contributed by atoms with Gasteiger partial charge in [0.1, 0.15) is 11.5 Å². The highest BCUT2D eigenvalue weighted by atomic mass is 19.1. The fourth-order valence-electron chi connectivity index (χ4n) is 1.29. The summed E-state index contributed by atoms with van der Waals surface area (Å²) in [5.41, 5.74) is -0.301. The van der Waals surface area contributed by atoms with Crippen LogP contribution >= 0.6 is 0 Å². The van der Waals surface area contributed by atoms with Gasteiger partial charge in [0.15, 0.2) is 11.6 Å². The molecule has 0 saturated heterocycles. The van der Waals surface area contributed by atoms with E-state index in [1.807, 2.05) is 0 Å². The quantitative estimate of drug-likeness (QED) is 0.844. The Bertz CT molecular complexity index is 334. The highest BCUT2D eigenvalue weighted by molar-refractivity contribution is 5.47. The second kappa shape index (κ2) is 5.75. The van der Waals surface area contributed by atoms with E-state index in [0.717, 1.165) is 0 Å². The molecule has 1 N–H and O–H groups in total. The van der Waals surface area contributed by atoms with Crippen molar-refractivity contribution in [3.05, 3.63) is 29.6 Å². The molecule has 0 saturated carbocycles. The summed E-state index contributed by atoms with van der Waals surface area (Å²) in [6.07, 6.45) is 0.604. The zero-order valence-electron chi connectivity index (χ0n) is 9.19. The Kier molecular flexibility index (Phi) is 4.61. The number of rotatable bonds is 5. The van der Waals surface area contributed by atoms with Gasteiger partial charge in [0.2, 0.25) is 0 Å². The number of halogens is 3. The molecule has 0 amide bonds. The lowest BCUT2D eigenvalue weighted by molar-refractivity contribution is 0.191. The van der Waals surface area contributed by atoms with Crippen molar-refractivity contribution in [3.63, 3.8) is 0 Å². The third-order valence-corrected chi connectivity index (χ3v) is 2.15. The molecular formula is C11H14F3NO. The first-order valence-corrected chi connectivity index (χ1v) is 4.94. The predicted octanol–water partition coefficient (Wildman–Crippen LogP) is 2.94. The summed E-state index contributed by atoms with van der Waals surface area (Å²) < 4.78 is 43.9. The van der Waals surface area contributed by atoms with Gasteiger partial charge in [-0.15, -0.1) is 0 Å². The van der Waals surface area contributed by atoms with E-state index >= 15 is 0 Å². The lowest BCUT2D eigenvalue weighted by Crippen LogP contribution is -2.19. The van der Waals surface area contributed by atoms with Gasteiger partial charge in [0, 0.05) is 31.9 Å². The molecule has 0 aliphatic rings. The molecule has 0 heterocycles. The molecule has 0 aromatic heterocycles. The van der Waals surface area contributed by atoms with Gasteiger partial charge in [-0.05, 0) is 13.3 Å². The summed E-state index contributed by atoms with van der Waals surface area (Å²) in [5.74, 6) is -2.78. The van der Waals surface area contributed by atoms with E-state index in [1.54, 1.807) is 14.0 Å². The number of hydrogen-bond acceptors (Lipinski definition) is 2. The van der Waals surface area contributed by atoms with Crippen LogP contribution in [-0.2, 0) is 4.74 Å². The molecule has 16 heavy (non-hydrogen) atoms. The maximum Gasteiger partial charge on any atom is 0.152 e. The molecule has 1 atom stereocenters. The Labute approximate surface area is 92.4 Å². The van der Waals surface area contributed by atoms with E-state index < -0.39 is 17.5 Å². The third kappa shape index (κ3) is 3.41. The van der Waals surface area contributed by atoms with Crippen molar-refractivity contribution in [2.75, 3.05) is 19.0 Å².